The SMILES string of the molecule is O=C(O)N1CCN[C@H](CCOc2cccc3sccc23)C1. The minimum absolute atomic E-state index is 0.163. The predicted molar refractivity (Wildman–Crippen MR) is 83.3 cm³/mol. The first kappa shape index (κ1) is 14.2. The number of nitrogens with zero attached hydrogens (tertiary/aromatic N) is 1. The van der Waals surface area contributed by atoms with Gasteiger partial charge in [0.1, 0.15) is 5.75 Å². The highest BCUT2D eigenvalue weighted by molar-refractivity contribution is 7.17. The van der Waals surface area contributed by atoms with Crippen LogP contribution in [0.4, 0.5) is 4.79 Å². The Morgan fingerprint density at radius 3 is 3.24 bits per heavy atom. The first-order chi connectivity index (χ1) is 10.2. The zero-order valence-electron chi connectivity index (χ0n) is 11.6. The Kier molecular flexibility index (Phi) is 4.26. The molecule has 5 nitrogen and oxygen atoms in total. The Hall–Kier alpha value is -1.79. The van der Waals surface area contributed by atoms with Crippen molar-refractivity contribution in [1.29, 1.82) is 0 Å². The molecule has 112 valence electrons. The summed E-state index contributed by atoms with van der Waals surface area (Å²) >= 11 is 1.70. The molecule has 0 aliphatic carbocycles. The van der Waals surface area contributed by atoms with Crippen molar-refractivity contribution >= 4 is 27.5 Å². The van der Waals surface area contributed by atoms with Gasteiger partial charge >= 0.3 is 6.09 Å². The molecule has 1 aromatic carbocycles. The number of thiophene rings is 1. The second kappa shape index (κ2) is 6.32. The number of hydrogen-bond acceptors (Lipinski definition) is 4. The van der Waals surface area contributed by atoms with Crippen LogP contribution in [0.1, 0.15) is 6.42 Å². The number of amides is 1. The van der Waals surface area contributed by atoms with E-state index in [1.165, 1.54) is 9.60 Å². The molecule has 3 rings (SSSR count). The van der Waals surface area contributed by atoms with Crippen LogP contribution in [0.3, 0.4) is 0 Å². The van der Waals surface area contributed by atoms with Gasteiger partial charge in [-0.05, 0) is 30.0 Å². The third kappa shape index (κ3) is 3.28. The van der Waals surface area contributed by atoms with Gasteiger partial charge in [-0.25, -0.2) is 4.79 Å². The summed E-state index contributed by atoms with van der Waals surface area (Å²) in [5.41, 5.74) is 0. The molecule has 0 spiro atoms. The van der Waals surface area contributed by atoms with Gasteiger partial charge in [0.05, 0.1) is 6.61 Å². The number of rotatable bonds is 4. The second-order valence-corrected chi connectivity index (χ2v) is 6.05. The maximum Gasteiger partial charge on any atom is 0.407 e. The maximum absolute atomic E-state index is 11.0. The Morgan fingerprint density at radius 1 is 1.48 bits per heavy atom. The summed E-state index contributed by atoms with van der Waals surface area (Å²) in [6.07, 6.45) is -0.0462. The maximum atomic E-state index is 11.0. The quantitative estimate of drug-likeness (QED) is 0.911. The van der Waals surface area contributed by atoms with Crippen molar-refractivity contribution in [3.05, 3.63) is 29.6 Å². The van der Waals surface area contributed by atoms with Crippen molar-refractivity contribution in [1.82, 2.24) is 10.2 Å². The number of fused-ring (bicyclic) bond motifs is 1. The van der Waals surface area contributed by atoms with Gasteiger partial charge in [-0.1, -0.05) is 6.07 Å². The Morgan fingerprint density at radius 2 is 2.38 bits per heavy atom. The molecule has 1 atom stereocenters. The molecule has 1 aliphatic rings. The van der Waals surface area contributed by atoms with Gasteiger partial charge in [0, 0.05) is 35.8 Å². The van der Waals surface area contributed by atoms with E-state index < -0.39 is 6.09 Å². The number of hydrogen-bond donors (Lipinski definition) is 2. The van der Waals surface area contributed by atoms with Gasteiger partial charge in [0.2, 0.25) is 0 Å². The molecule has 6 heteroatoms. The van der Waals surface area contributed by atoms with E-state index in [2.05, 4.69) is 22.8 Å². The minimum Gasteiger partial charge on any atom is -0.493 e. The van der Waals surface area contributed by atoms with E-state index in [9.17, 15) is 4.79 Å². The molecular weight excluding hydrogens is 288 g/mol. The van der Waals surface area contributed by atoms with Gasteiger partial charge in [0.15, 0.2) is 0 Å². The van der Waals surface area contributed by atoms with Crippen LogP contribution >= 0.6 is 11.3 Å². The molecule has 1 saturated heterocycles. The van der Waals surface area contributed by atoms with Gasteiger partial charge in [-0.15, -0.1) is 11.3 Å². The van der Waals surface area contributed by atoms with Crippen molar-refractivity contribution in [3.8, 4) is 5.75 Å². The minimum atomic E-state index is -0.842. The Labute approximate surface area is 127 Å². The number of carboxylic acid groups (broad SMARTS) is 1. The fourth-order valence-electron chi connectivity index (χ4n) is 2.60. The largest absolute Gasteiger partial charge is 0.493 e. The van der Waals surface area contributed by atoms with E-state index in [1.807, 2.05) is 12.1 Å². The molecule has 1 aliphatic heterocycles. The molecule has 0 unspecified atom stereocenters. The number of carbonyl (C=O) groups is 1. The van der Waals surface area contributed by atoms with Crippen LogP contribution in [0, 0.1) is 0 Å². The highest BCUT2D eigenvalue weighted by Gasteiger charge is 2.22. The van der Waals surface area contributed by atoms with Gasteiger partial charge in [-0.2, -0.15) is 0 Å². The van der Waals surface area contributed by atoms with E-state index in [0.717, 1.165) is 17.6 Å². The molecule has 2 aromatic rings. The summed E-state index contributed by atoms with van der Waals surface area (Å²) in [7, 11) is 0. The lowest BCUT2D eigenvalue weighted by Gasteiger charge is -2.31. The average molecular weight is 306 g/mol. The third-order valence-electron chi connectivity index (χ3n) is 3.71. The van der Waals surface area contributed by atoms with Crippen molar-refractivity contribution in [2.24, 2.45) is 0 Å². The summed E-state index contributed by atoms with van der Waals surface area (Å²) in [6.45, 7) is 2.37. The van der Waals surface area contributed by atoms with E-state index in [0.29, 0.717) is 26.2 Å². The monoisotopic (exact) mass is 306 g/mol. The van der Waals surface area contributed by atoms with Crippen molar-refractivity contribution in [2.75, 3.05) is 26.2 Å². The first-order valence-electron chi connectivity index (χ1n) is 7.04. The molecule has 1 amide bonds. The lowest BCUT2D eigenvalue weighted by Crippen LogP contribution is -2.52. The van der Waals surface area contributed by atoms with Crippen LogP contribution in [0.15, 0.2) is 29.6 Å². The first-order valence-corrected chi connectivity index (χ1v) is 7.92. The molecule has 2 N–H and O–H groups in total. The van der Waals surface area contributed by atoms with Crippen molar-refractivity contribution < 1.29 is 14.6 Å². The number of benzene rings is 1. The highest BCUT2D eigenvalue weighted by Crippen LogP contribution is 2.29. The van der Waals surface area contributed by atoms with E-state index >= 15 is 0 Å². The second-order valence-electron chi connectivity index (χ2n) is 5.11. The lowest BCUT2D eigenvalue weighted by molar-refractivity contribution is 0.124. The topological polar surface area (TPSA) is 61.8 Å². The summed E-state index contributed by atoms with van der Waals surface area (Å²) in [5, 5.41) is 15.6. The predicted octanol–water partition coefficient (Wildman–Crippen LogP) is 2.62. The summed E-state index contributed by atoms with van der Waals surface area (Å²) in [6, 6.07) is 8.30. The van der Waals surface area contributed by atoms with Crippen LogP contribution in [0.2, 0.25) is 0 Å². The van der Waals surface area contributed by atoms with Crippen LogP contribution in [0.5, 0.6) is 5.75 Å². The van der Waals surface area contributed by atoms with Gasteiger partial charge in [0.25, 0.3) is 0 Å². The normalized spacial score (nSPS) is 18.9. The van der Waals surface area contributed by atoms with Crippen LogP contribution in [-0.2, 0) is 0 Å². The van der Waals surface area contributed by atoms with Crippen LogP contribution < -0.4 is 10.1 Å². The molecule has 1 fully saturated rings. The van der Waals surface area contributed by atoms with Gasteiger partial charge in [-0.3, -0.25) is 0 Å². The lowest BCUT2D eigenvalue weighted by atomic mass is 10.1. The summed E-state index contributed by atoms with van der Waals surface area (Å²) in [5.74, 6) is 0.902. The Balaban J connectivity index is 1.54. The fraction of sp³-hybridized carbons (Fsp3) is 0.400. The fourth-order valence-corrected chi connectivity index (χ4v) is 3.40. The molecule has 0 saturated carbocycles. The molecule has 21 heavy (non-hydrogen) atoms. The van der Waals surface area contributed by atoms with Crippen molar-refractivity contribution in [3.63, 3.8) is 0 Å². The molecule has 0 bridgehead atoms. The smallest absolute Gasteiger partial charge is 0.407 e. The number of piperazine rings is 1. The van der Waals surface area contributed by atoms with Crippen LogP contribution in [-0.4, -0.2) is 48.4 Å². The third-order valence-corrected chi connectivity index (χ3v) is 4.59. The molecule has 1 aromatic heterocycles. The van der Waals surface area contributed by atoms with Crippen LogP contribution in [0.25, 0.3) is 10.1 Å². The standard InChI is InChI=1S/C15H18N2O3S/c18-15(19)17-7-6-16-11(10-17)4-8-20-13-2-1-3-14-12(13)5-9-21-14/h1-3,5,9,11,16H,4,6-8,10H2,(H,18,19)/t11-/m1/s1. The van der Waals surface area contributed by atoms with E-state index in [1.54, 1.807) is 11.3 Å². The molecule has 0 radical (unpaired) electrons. The Bertz CT molecular complexity index is 628. The number of nitrogens with one attached hydrogen (secondary N) is 1. The highest BCUT2D eigenvalue weighted by atomic mass is 32.1. The summed E-state index contributed by atoms with van der Waals surface area (Å²) in [4.78, 5) is 12.4. The number of ether oxygens (including phenoxy) is 1. The zero-order valence-corrected chi connectivity index (χ0v) is 12.4. The van der Waals surface area contributed by atoms with E-state index in [4.69, 9.17) is 9.84 Å². The van der Waals surface area contributed by atoms with Gasteiger partial charge < -0.3 is 20.1 Å². The summed E-state index contributed by atoms with van der Waals surface area (Å²) < 4.78 is 7.10. The molecule has 2 heterocycles. The molecular formula is C15H18N2O3S. The zero-order chi connectivity index (χ0) is 14.7. The van der Waals surface area contributed by atoms with Crippen molar-refractivity contribution in [2.45, 2.75) is 12.5 Å². The van der Waals surface area contributed by atoms with E-state index in [-0.39, 0.29) is 6.04 Å². The average Bonchev–Trinajstić information content (AvgIpc) is 2.97.